The van der Waals surface area contributed by atoms with Gasteiger partial charge >= 0.3 is 0 Å². The highest BCUT2D eigenvalue weighted by atomic mass is 35.5. The summed E-state index contributed by atoms with van der Waals surface area (Å²) in [5.74, 6) is 0.211. The Balaban J connectivity index is 2.02. The van der Waals surface area contributed by atoms with Crippen LogP contribution in [0.5, 0.6) is 0 Å². The Morgan fingerprint density at radius 1 is 1.50 bits per heavy atom. The van der Waals surface area contributed by atoms with Crippen molar-refractivity contribution in [3.05, 3.63) is 0 Å². The molecule has 0 spiro atoms. The number of carbonyl (C=O) groups is 1. The molecule has 3 nitrogen and oxygen atoms in total. The quantitative estimate of drug-likeness (QED) is 0.609. The number of fused-ring (bicyclic) bond motifs is 1. The van der Waals surface area contributed by atoms with Crippen molar-refractivity contribution >= 4 is 17.5 Å². The van der Waals surface area contributed by atoms with Gasteiger partial charge in [0.1, 0.15) is 5.88 Å². The Morgan fingerprint density at radius 3 is 3.00 bits per heavy atom. The van der Waals surface area contributed by atoms with Gasteiger partial charge in [-0.15, -0.1) is 11.6 Å². The number of halogens is 1. The molecule has 2 aliphatic heterocycles. The van der Waals surface area contributed by atoms with Gasteiger partial charge in [-0.1, -0.05) is 0 Å². The maximum absolute atomic E-state index is 11.5. The lowest BCUT2D eigenvalue weighted by Crippen LogP contribution is -2.57. The van der Waals surface area contributed by atoms with Gasteiger partial charge in [0.25, 0.3) is 0 Å². The number of rotatable bonds is 1. The third-order valence-electron chi connectivity index (χ3n) is 3.37. The van der Waals surface area contributed by atoms with E-state index in [9.17, 15) is 4.79 Å². The molecule has 2 aliphatic rings. The van der Waals surface area contributed by atoms with Crippen molar-refractivity contribution in [2.45, 2.75) is 31.8 Å². The van der Waals surface area contributed by atoms with Gasteiger partial charge in [-0.25, -0.2) is 0 Å². The Kier molecular flexibility index (Phi) is 2.98. The van der Waals surface area contributed by atoms with Crippen LogP contribution in [-0.4, -0.2) is 53.3 Å². The molecule has 2 atom stereocenters. The molecule has 2 unspecified atom stereocenters. The summed E-state index contributed by atoms with van der Waals surface area (Å²) < 4.78 is 0. The Morgan fingerprint density at radius 2 is 2.29 bits per heavy atom. The van der Waals surface area contributed by atoms with Crippen molar-refractivity contribution in [3.63, 3.8) is 0 Å². The normalized spacial score (nSPS) is 33.1. The van der Waals surface area contributed by atoms with Crippen molar-refractivity contribution in [1.29, 1.82) is 0 Å². The average molecular weight is 217 g/mol. The molecule has 2 rings (SSSR count). The maximum Gasteiger partial charge on any atom is 0.237 e. The molecule has 0 aromatic heterocycles. The monoisotopic (exact) mass is 216 g/mol. The van der Waals surface area contributed by atoms with Crippen molar-refractivity contribution in [3.8, 4) is 0 Å². The molecule has 0 aromatic carbocycles. The summed E-state index contributed by atoms with van der Waals surface area (Å²) in [4.78, 5) is 16.0. The summed E-state index contributed by atoms with van der Waals surface area (Å²) >= 11 is 5.59. The molecule has 0 bridgehead atoms. The Labute approximate surface area is 90.0 Å². The summed E-state index contributed by atoms with van der Waals surface area (Å²) in [7, 11) is 0. The van der Waals surface area contributed by atoms with Crippen LogP contribution < -0.4 is 0 Å². The molecule has 0 radical (unpaired) electrons. The second-order valence-corrected chi connectivity index (χ2v) is 4.59. The molecule has 0 aromatic rings. The highest BCUT2D eigenvalue weighted by Gasteiger charge is 2.35. The summed E-state index contributed by atoms with van der Waals surface area (Å²) in [5.41, 5.74) is 0. The SMILES string of the molecule is CC1CN2CCCC2CN1C(=O)CCl. The van der Waals surface area contributed by atoms with Crippen LogP contribution in [0.25, 0.3) is 0 Å². The van der Waals surface area contributed by atoms with E-state index in [1.807, 2.05) is 4.90 Å². The van der Waals surface area contributed by atoms with Crippen LogP contribution in [0.15, 0.2) is 0 Å². The number of amides is 1. The number of hydrogen-bond acceptors (Lipinski definition) is 2. The van der Waals surface area contributed by atoms with Crippen LogP contribution in [0.2, 0.25) is 0 Å². The largest absolute Gasteiger partial charge is 0.336 e. The first kappa shape index (κ1) is 10.2. The van der Waals surface area contributed by atoms with Crippen LogP contribution in [-0.2, 0) is 4.79 Å². The smallest absolute Gasteiger partial charge is 0.237 e. The van der Waals surface area contributed by atoms with Gasteiger partial charge < -0.3 is 4.90 Å². The Hall–Kier alpha value is -0.280. The first-order valence-electron chi connectivity index (χ1n) is 5.32. The molecule has 2 fully saturated rings. The zero-order chi connectivity index (χ0) is 10.1. The van der Waals surface area contributed by atoms with Gasteiger partial charge in [0, 0.05) is 25.2 Å². The lowest BCUT2D eigenvalue weighted by Gasteiger charge is -2.42. The minimum absolute atomic E-state index is 0.0886. The average Bonchev–Trinajstić information content (AvgIpc) is 2.62. The lowest BCUT2D eigenvalue weighted by atomic mass is 10.1. The summed E-state index contributed by atoms with van der Waals surface area (Å²) in [5, 5.41) is 0. The predicted molar refractivity (Wildman–Crippen MR) is 56.5 cm³/mol. The van der Waals surface area contributed by atoms with Crippen LogP contribution in [0.4, 0.5) is 0 Å². The summed E-state index contributed by atoms with van der Waals surface area (Å²) in [6.07, 6.45) is 2.51. The van der Waals surface area contributed by atoms with E-state index in [0.29, 0.717) is 12.1 Å². The topological polar surface area (TPSA) is 23.6 Å². The first-order chi connectivity index (χ1) is 6.72. The van der Waals surface area contributed by atoms with Crippen LogP contribution >= 0.6 is 11.6 Å². The van der Waals surface area contributed by atoms with Gasteiger partial charge in [0.15, 0.2) is 0 Å². The predicted octanol–water partition coefficient (Wildman–Crippen LogP) is 0.920. The summed E-state index contributed by atoms with van der Waals surface area (Å²) in [6.45, 7) is 5.22. The van der Waals surface area contributed by atoms with Crippen molar-refractivity contribution in [2.75, 3.05) is 25.5 Å². The molecule has 0 saturated carbocycles. The number of alkyl halides is 1. The van der Waals surface area contributed by atoms with E-state index in [0.717, 1.165) is 13.1 Å². The second-order valence-electron chi connectivity index (χ2n) is 4.32. The maximum atomic E-state index is 11.5. The number of piperazine rings is 1. The molecule has 0 aliphatic carbocycles. The van der Waals surface area contributed by atoms with E-state index < -0.39 is 0 Å². The highest BCUT2D eigenvalue weighted by Crippen LogP contribution is 2.24. The third-order valence-corrected chi connectivity index (χ3v) is 3.60. The standard InChI is InChI=1S/C10H17ClN2O/c1-8-6-12-4-2-3-9(12)7-13(8)10(14)5-11/h8-9H,2-7H2,1H3. The summed E-state index contributed by atoms with van der Waals surface area (Å²) in [6, 6.07) is 0.925. The van der Waals surface area contributed by atoms with Gasteiger partial charge in [0.05, 0.1) is 0 Å². The van der Waals surface area contributed by atoms with Crippen LogP contribution in [0, 0.1) is 0 Å². The zero-order valence-electron chi connectivity index (χ0n) is 8.58. The van der Waals surface area contributed by atoms with Gasteiger partial charge in [-0.3, -0.25) is 9.69 Å². The van der Waals surface area contributed by atoms with Crippen molar-refractivity contribution in [1.82, 2.24) is 9.80 Å². The zero-order valence-corrected chi connectivity index (χ0v) is 9.33. The first-order valence-corrected chi connectivity index (χ1v) is 5.85. The molecule has 14 heavy (non-hydrogen) atoms. The molecule has 4 heteroatoms. The van der Waals surface area contributed by atoms with E-state index in [-0.39, 0.29) is 11.8 Å². The van der Waals surface area contributed by atoms with Crippen LogP contribution in [0.1, 0.15) is 19.8 Å². The number of carbonyl (C=O) groups excluding carboxylic acids is 1. The molecule has 80 valence electrons. The Bertz CT molecular complexity index is 234. The van der Waals surface area contributed by atoms with E-state index in [2.05, 4.69) is 11.8 Å². The fraction of sp³-hybridized carbons (Fsp3) is 0.900. The molecular weight excluding hydrogens is 200 g/mol. The van der Waals surface area contributed by atoms with E-state index in [1.165, 1.54) is 19.4 Å². The second kappa shape index (κ2) is 4.07. The molecule has 1 amide bonds. The molecule has 2 saturated heterocycles. The van der Waals surface area contributed by atoms with E-state index in [4.69, 9.17) is 11.6 Å². The van der Waals surface area contributed by atoms with Gasteiger partial charge in [-0.05, 0) is 26.3 Å². The van der Waals surface area contributed by atoms with Crippen LogP contribution in [0.3, 0.4) is 0 Å². The van der Waals surface area contributed by atoms with Crippen molar-refractivity contribution in [2.24, 2.45) is 0 Å². The molecular formula is C10H17ClN2O. The fourth-order valence-electron chi connectivity index (χ4n) is 2.61. The van der Waals surface area contributed by atoms with E-state index in [1.54, 1.807) is 0 Å². The fourth-order valence-corrected chi connectivity index (χ4v) is 2.77. The third kappa shape index (κ3) is 1.75. The van der Waals surface area contributed by atoms with Gasteiger partial charge in [-0.2, -0.15) is 0 Å². The van der Waals surface area contributed by atoms with Gasteiger partial charge in [0.2, 0.25) is 5.91 Å². The minimum Gasteiger partial charge on any atom is -0.336 e. The van der Waals surface area contributed by atoms with E-state index >= 15 is 0 Å². The van der Waals surface area contributed by atoms with Crippen molar-refractivity contribution < 1.29 is 4.79 Å². The lowest BCUT2D eigenvalue weighted by molar-refractivity contribution is -0.133. The minimum atomic E-state index is 0.0886. The molecule has 2 heterocycles. The number of hydrogen-bond donors (Lipinski definition) is 0. The number of nitrogens with zero attached hydrogens (tertiary/aromatic N) is 2. The molecule has 0 N–H and O–H groups in total. The highest BCUT2D eigenvalue weighted by molar-refractivity contribution is 6.27.